The van der Waals surface area contributed by atoms with E-state index >= 15 is 0 Å². The lowest BCUT2D eigenvalue weighted by atomic mass is 9.81. The van der Waals surface area contributed by atoms with Gasteiger partial charge in [-0.2, -0.15) is 0 Å². The summed E-state index contributed by atoms with van der Waals surface area (Å²) in [6.45, 7) is 7.33. The predicted molar refractivity (Wildman–Crippen MR) is 194 cm³/mol. The molecule has 4 aromatic carbocycles. The van der Waals surface area contributed by atoms with Gasteiger partial charge in [0.15, 0.2) is 0 Å². The van der Waals surface area contributed by atoms with Crippen LogP contribution < -0.4 is 0 Å². The number of likely N-dealkylation sites (tertiary alicyclic amines) is 2. The number of ether oxygens (including phenoxy) is 2. The molecule has 6 nitrogen and oxygen atoms in total. The number of carbonyl (C=O) groups excluding carboxylic acids is 2. The van der Waals surface area contributed by atoms with E-state index in [0.717, 1.165) is 42.3 Å². The van der Waals surface area contributed by atoms with Crippen molar-refractivity contribution in [2.75, 3.05) is 13.1 Å². The fourth-order valence-corrected chi connectivity index (χ4v) is 8.76. The molecule has 2 fully saturated rings. The molecule has 48 heavy (non-hydrogen) atoms. The third kappa shape index (κ3) is 6.03. The summed E-state index contributed by atoms with van der Waals surface area (Å²) in [6.07, 6.45) is 0. The van der Waals surface area contributed by atoms with Crippen LogP contribution in [0.5, 0.6) is 0 Å². The zero-order valence-electron chi connectivity index (χ0n) is 26.5. The van der Waals surface area contributed by atoms with Crippen molar-refractivity contribution in [1.82, 2.24) is 9.80 Å². The number of hydrogen-bond acceptors (Lipinski definition) is 4. The molecule has 0 aliphatic carbocycles. The van der Waals surface area contributed by atoms with E-state index in [0.29, 0.717) is 49.4 Å². The normalized spacial score (nSPS) is 25.5. The first kappa shape index (κ1) is 33.8. The first-order chi connectivity index (χ1) is 23.0. The van der Waals surface area contributed by atoms with Crippen LogP contribution in [-0.2, 0) is 45.4 Å². The fourth-order valence-electron chi connectivity index (χ4n) is 7.56. The van der Waals surface area contributed by atoms with Crippen molar-refractivity contribution in [3.63, 3.8) is 0 Å². The van der Waals surface area contributed by atoms with Crippen LogP contribution >= 0.6 is 55.1 Å². The van der Waals surface area contributed by atoms with Crippen molar-refractivity contribution in [3.05, 3.63) is 137 Å². The second kappa shape index (κ2) is 13.2. The highest BCUT2D eigenvalue weighted by atomic mass is 79.9. The largest absolute Gasteiger partial charge is 0.368 e. The molecule has 4 aromatic rings. The first-order valence-corrected chi connectivity index (χ1v) is 18.2. The van der Waals surface area contributed by atoms with E-state index in [4.69, 9.17) is 32.7 Å². The molecular weight excluding hydrogens is 779 g/mol. The van der Waals surface area contributed by atoms with E-state index in [1.807, 2.05) is 109 Å². The topological polar surface area (TPSA) is 59.1 Å². The first-order valence-electron chi connectivity index (χ1n) is 15.9. The van der Waals surface area contributed by atoms with Gasteiger partial charge in [-0.15, -0.1) is 0 Å². The molecule has 4 heterocycles. The molecule has 0 unspecified atom stereocenters. The molecule has 2 saturated heterocycles. The minimum atomic E-state index is -0.504. The van der Waals surface area contributed by atoms with Crippen molar-refractivity contribution in [1.29, 1.82) is 0 Å². The molecule has 8 rings (SSSR count). The highest BCUT2D eigenvalue weighted by molar-refractivity contribution is 9.10. The van der Waals surface area contributed by atoms with Crippen molar-refractivity contribution in [3.8, 4) is 0 Å². The van der Waals surface area contributed by atoms with Gasteiger partial charge in [0.2, 0.25) is 11.8 Å². The van der Waals surface area contributed by atoms with Crippen LogP contribution in [0.1, 0.15) is 59.1 Å². The lowest BCUT2D eigenvalue weighted by Crippen LogP contribution is -2.40. The molecule has 0 N–H and O–H groups in total. The number of nitrogens with zero attached hydrogens (tertiary/aromatic N) is 2. The number of fused-ring (bicyclic) bond motifs is 6. The summed E-state index contributed by atoms with van der Waals surface area (Å²) < 4.78 is 13.9. The number of benzene rings is 4. The van der Waals surface area contributed by atoms with Crippen molar-refractivity contribution in [2.24, 2.45) is 0 Å². The quantitative estimate of drug-likeness (QED) is 0.207. The Hall–Kier alpha value is -2.72. The maximum atomic E-state index is 13.1. The van der Waals surface area contributed by atoms with Crippen molar-refractivity contribution < 1.29 is 19.1 Å². The molecule has 0 bridgehead atoms. The Morgan fingerprint density at radius 1 is 0.646 bits per heavy atom. The number of carbonyl (C=O) groups is 2. The lowest BCUT2D eigenvalue weighted by molar-refractivity contribution is -0.132. The van der Waals surface area contributed by atoms with Gasteiger partial charge in [0.05, 0.1) is 59.4 Å². The van der Waals surface area contributed by atoms with Gasteiger partial charge < -0.3 is 19.3 Å². The van der Waals surface area contributed by atoms with E-state index < -0.39 is 11.2 Å². The third-order valence-electron chi connectivity index (χ3n) is 9.96. The Labute approximate surface area is 307 Å². The highest BCUT2D eigenvalue weighted by Gasteiger charge is 2.55. The third-order valence-corrected chi connectivity index (χ3v) is 12.6. The second-order valence-corrected chi connectivity index (χ2v) is 15.8. The van der Waals surface area contributed by atoms with Crippen LogP contribution in [0.2, 0.25) is 10.0 Å². The standard InChI is InChI=1S/2C19H17BrClNO2/c2*1-19-11-22(9-12-5-3-2-4-6-12)18(23)16(19)13-7-8-15(20)17(21)14(13)10-24-19/h2*2-8,16H,9-11H2,1H3/t16-,19+;16-,19-/m10/s1. The van der Waals surface area contributed by atoms with E-state index in [2.05, 4.69) is 31.9 Å². The number of hydrogen-bond donors (Lipinski definition) is 0. The summed E-state index contributed by atoms with van der Waals surface area (Å²) >= 11 is 19.7. The van der Waals surface area contributed by atoms with Gasteiger partial charge in [-0.3, -0.25) is 9.59 Å². The van der Waals surface area contributed by atoms with E-state index in [9.17, 15) is 9.59 Å². The molecule has 0 radical (unpaired) electrons. The summed E-state index contributed by atoms with van der Waals surface area (Å²) in [5.74, 6) is -0.368. The van der Waals surface area contributed by atoms with Crippen LogP contribution in [0.15, 0.2) is 93.9 Å². The Morgan fingerprint density at radius 3 is 1.40 bits per heavy atom. The average molecular weight is 813 g/mol. The van der Waals surface area contributed by atoms with E-state index in [-0.39, 0.29) is 23.7 Å². The fraction of sp³-hybridized carbons (Fsp3) is 0.316. The van der Waals surface area contributed by atoms with Gasteiger partial charge in [-0.25, -0.2) is 0 Å². The van der Waals surface area contributed by atoms with Gasteiger partial charge >= 0.3 is 0 Å². The minimum Gasteiger partial charge on any atom is -0.368 e. The van der Waals surface area contributed by atoms with Crippen LogP contribution in [0, 0.1) is 0 Å². The van der Waals surface area contributed by atoms with Gasteiger partial charge in [-0.05, 0) is 80.1 Å². The van der Waals surface area contributed by atoms with Gasteiger partial charge in [0, 0.05) is 33.2 Å². The second-order valence-electron chi connectivity index (χ2n) is 13.3. The zero-order valence-corrected chi connectivity index (χ0v) is 31.2. The molecule has 248 valence electrons. The van der Waals surface area contributed by atoms with Crippen molar-refractivity contribution in [2.45, 2.75) is 63.2 Å². The summed E-state index contributed by atoms with van der Waals surface area (Å²) in [7, 11) is 0. The van der Waals surface area contributed by atoms with Gasteiger partial charge in [0.25, 0.3) is 0 Å². The lowest BCUT2D eigenvalue weighted by Gasteiger charge is -2.36. The van der Waals surface area contributed by atoms with Crippen LogP contribution in [0.25, 0.3) is 0 Å². The molecule has 4 aliphatic heterocycles. The Bertz CT molecular complexity index is 1760. The minimum absolute atomic E-state index is 0.112. The van der Waals surface area contributed by atoms with Gasteiger partial charge in [0.1, 0.15) is 0 Å². The van der Waals surface area contributed by atoms with Crippen LogP contribution in [-0.4, -0.2) is 45.9 Å². The molecule has 0 aromatic heterocycles. The van der Waals surface area contributed by atoms with E-state index in [1.54, 1.807) is 0 Å². The number of amides is 2. The van der Waals surface area contributed by atoms with Crippen LogP contribution in [0.3, 0.4) is 0 Å². The SMILES string of the molecule is C[C@]12CN(Cc3ccccc3)C(=O)[C@@H]1c1ccc(Br)c(Cl)c1CO2.C[C@]12CN(Cc3ccccc3)C(=O)[C@H]1c1ccc(Br)c(Cl)c1CO2. The van der Waals surface area contributed by atoms with E-state index in [1.165, 1.54) is 0 Å². The summed E-state index contributed by atoms with van der Waals surface area (Å²) in [5, 5.41) is 1.28. The number of rotatable bonds is 4. The molecule has 0 saturated carbocycles. The van der Waals surface area contributed by atoms with Crippen molar-refractivity contribution >= 4 is 66.9 Å². The number of halogens is 4. The smallest absolute Gasteiger partial charge is 0.233 e. The Morgan fingerprint density at radius 2 is 1.02 bits per heavy atom. The van der Waals surface area contributed by atoms with Crippen LogP contribution in [0.4, 0.5) is 0 Å². The summed E-state index contributed by atoms with van der Waals surface area (Å²) in [6, 6.07) is 27.9. The Kier molecular flexibility index (Phi) is 9.28. The molecule has 0 spiro atoms. The molecule has 2 amide bonds. The molecule has 4 atom stereocenters. The highest BCUT2D eigenvalue weighted by Crippen LogP contribution is 2.49. The summed E-state index contributed by atoms with van der Waals surface area (Å²) in [5.41, 5.74) is 5.08. The summed E-state index contributed by atoms with van der Waals surface area (Å²) in [4.78, 5) is 30.0. The predicted octanol–water partition coefficient (Wildman–Crippen LogP) is 9.03. The monoisotopic (exact) mass is 810 g/mol. The maximum absolute atomic E-state index is 13.1. The Balaban J connectivity index is 0.000000152. The molecular formula is C38H34Br2Cl2N2O4. The molecule has 10 heteroatoms. The zero-order chi connectivity index (χ0) is 33.8. The maximum Gasteiger partial charge on any atom is 0.233 e. The molecule has 4 aliphatic rings. The van der Waals surface area contributed by atoms with Gasteiger partial charge in [-0.1, -0.05) is 96.0 Å². The average Bonchev–Trinajstić information content (AvgIpc) is 3.49.